The molecule has 1 N–H and O–H groups in total. The van der Waals surface area contributed by atoms with Gasteiger partial charge >= 0.3 is 6.18 Å². The second-order valence-corrected chi connectivity index (χ2v) is 8.04. The normalized spacial score (nSPS) is 15.3. The summed E-state index contributed by atoms with van der Waals surface area (Å²) in [5.74, 6) is 1.31. The van der Waals surface area contributed by atoms with Gasteiger partial charge in [0.2, 0.25) is 5.91 Å². The highest BCUT2D eigenvalue weighted by Crippen LogP contribution is 2.29. The number of alkyl halides is 3. The Kier molecular flexibility index (Phi) is 8.57. The Hall–Kier alpha value is -2.78. The lowest BCUT2D eigenvalue weighted by Gasteiger charge is -2.34. The summed E-state index contributed by atoms with van der Waals surface area (Å²) in [4.78, 5) is 16.6. The van der Waals surface area contributed by atoms with Crippen molar-refractivity contribution in [2.45, 2.75) is 19.1 Å². The van der Waals surface area contributed by atoms with Crippen molar-refractivity contribution in [2.75, 3.05) is 53.5 Å². The molecule has 0 radical (unpaired) electrons. The molecule has 0 bridgehead atoms. The third-order valence-electron chi connectivity index (χ3n) is 5.70. The molecule has 1 saturated heterocycles. The number of benzene rings is 2. The fourth-order valence-electron chi connectivity index (χ4n) is 3.80. The number of nitrogens with one attached hydrogen (secondary N) is 1. The van der Waals surface area contributed by atoms with E-state index in [1.165, 1.54) is 12.1 Å². The zero-order valence-corrected chi connectivity index (χ0v) is 19.0. The maximum atomic E-state index is 12.7. The van der Waals surface area contributed by atoms with Crippen LogP contribution in [0.2, 0.25) is 0 Å². The van der Waals surface area contributed by atoms with Crippen molar-refractivity contribution in [3.05, 3.63) is 59.2 Å². The molecule has 33 heavy (non-hydrogen) atoms. The Balaban J connectivity index is 1.36. The van der Waals surface area contributed by atoms with Crippen molar-refractivity contribution < 1.29 is 27.4 Å². The van der Waals surface area contributed by atoms with Gasteiger partial charge in [-0.25, -0.2) is 0 Å². The molecule has 2 aromatic rings. The average molecular weight is 466 g/mol. The van der Waals surface area contributed by atoms with Crippen LogP contribution in [0.15, 0.2) is 42.5 Å². The molecule has 0 aliphatic carbocycles. The largest absolute Gasteiger partial charge is 0.493 e. The summed E-state index contributed by atoms with van der Waals surface area (Å²) >= 11 is 0. The van der Waals surface area contributed by atoms with Crippen LogP contribution in [0, 0.1) is 0 Å². The predicted octanol–water partition coefficient (Wildman–Crippen LogP) is 3.20. The summed E-state index contributed by atoms with van der Waals surface area (Å²) < 4.78 is 48.6. The van der Waals surface area contributed by atoms with Gasteiger partial charge in [-0.1, -0.05) is 18.2 Å². The zero-order valence-electron chi connectivity index (χ0n) is 19.0. The molecule has 0 saturated carbocycles. The summed E-state index contributed by atoms with van der Waals surface area (Å²) in [6.07, 6.45) is -3.63. The second-order valence-electron chi connectivity index (χ2n) is 8.04. The van der Waals surface area contributed by atoms with Gasteiger partial charge in [-0.2, -0.15) is 13.2 Å². The lowest BCUT2D eigenvalue weighted by Crippen LogP contribution is -2.49. The van der Waals surface area contributed by atoms with Crippen LogP contribution in [-0.4, -0.2) is 69.2 Å². The summed E-state index contributed by atoms with van der Waals surface area (Å²) in [6.45, 7) is 4.47. The van der Waals surface area contributed by atoms with Gasteiger partial charge in [-0.3, -0.25) is 14.6 Å². The monoisotopic (exact) mass is 465 g/mol. The van der Waals surface area contributed by atoms with E-state index in [9.17, 15) is 18.0 Å². The SMILES string of the molecule is COc1ccc(CCNC(=O)CN2CCN(Cc3ccc(C(F)(F)F)cc3)CC2)cc1OC. The van der Waals surface area contributed by atoms with Crippen molar-refractivity contribution in [1.82, 2.24) is 15.1 Å². The molecule has 0 aromatic heterocycles. The van der Waals surface area contributed by atoms with Crippen LogP contribution in [0.3, 0.4) is 0 Å². The zero-order chi connectivity index (χ0) is 23.8. The molecular formula is C24H30F3N3O3. The number of methoxy groups -OCH3 is 2. The maximum absolute atomic E-state index is 12.7. The summed E-state index contributed by atoms with van der Waals surface area (Å²) in [5, 5.41) is 2.95. The van der Waals surface area contributed by atoms with Crippen molar-refractivity contribution in [3.63, 3.8) is 0 Å². The van der Waals surface area contributed by atoms with E-state index in [0.717, 1.165) is 49.4 Å². The van der Waals surface area contributed by atoms with Crippen molar-refractivity contribution >= 4 is 5.91 Å². The summed E-state index contributed by atoms with van der Waals surface area (Å²) in [5.41, 5.74) is 1.27. The number of rotatable bonds is 9. The van der Waals surface area contributed by atoms with Crippen LogP contribution >= 0.6 is 0 Å². The minimum Gasteiger partial charge on any atom is -0.493 e. The third kappa shape index (κ3) is 7.36. The molecule has 1 heterocycles. The van der Waals surface area contributed by atoms with Gasteiger partial charge < -0.3 is 14.8 Å². The van der Waals surface area contributed by atoms with E-state index in [0.29, 0.717) is 37.6 Å². The van der Waals surface area contributed by atoms with E-state index in [2.05, 4.69) is 15.1 Å². The molecule has 0 atom stereocenters. The molecule has 1 aliphatic rings. The van der Waals surface area contributed by atoms with E-state index in [4.69, 9.17) is 9.47 Å². The highest BCUT2D eigenvalue weighted by Gasteiger charge is 2.30. The molecule has 1 aliphatic heterocycles. The average Bonchev–Trinajstić information content (AvgIpc) is 2.80. The van der Waals surface area contributed by atoms with Gasteiger partial charge in [0, 0.05) is 39.3 Å². The van der Waals surface area contributed by atoms with E-state index >= 15 is 0 Å². The lowest BCUT2D eigenvalue weighted by atomic mass is 10.1. The maximum Gasteiger partial charge on any atom is 0.416 e. The first-order valence-electron chi connectivity index (χ1n) is 10.9. The molecule has 6 nitrogen and oxygen atoms in total. The summed E-state index contributed by atoms with van der Waals surface area (Å²) in [6, 6.07) is 11.0. The van der Waals surface area contributed by atoms with Gasteiger partial charge in [-0.15, -0.1) is 0 Å². The molecule has 1 fully saturated rings. The highest BCUT2D eigenvalue weighted by atomic mass is 19.4. The van der Waals surface area contributed by atoms with Crippen LogP contribution in [0.5, 0.6) is 11.5 Å². The number of hydrogen-bond acceptors (Lipinski definition) is 5. The molecule has 3 rings (SSSR count). The number of halogens is 3. The molecule has 0 spiro atoms. The second kappa shape index (κ2) is 11.4. The molecule has 0 unspecified atom stereocenters. The quantitative estimate of drug-likeness (QED) is 0.617. The Bertz CT molecular complexity index is 911. The number of piperazine rings is 1. The summed E-state index contributed by atoms with van der Waals surface area (Å²) in [7, 11) is 3.18. The number of nitrogens with zero attached hydrogens (tertiary/aromatic N) is 2. The van der Waals surface area contributed by atoms with Crippen LogP contribution in [0.4, 0.5) is 13.2 Å². The van der Waals surface area contributed by atoms with Crippen LogP contribution < -0.4 is 14.8 Å². The number of carbonyl (C=O) groups is 1. The van der Waals surface area contributed by atoms with E-state index in [-0.39, 0.29) is 5.91 Å². The molecule has 2 aromatic carbocycles. The fraction of sp³-hybridized carbons (Fsp3) is 0.458. The van der Waals surface area contributed by atoms with Gasteiger partial charge in [0.05, 0.1) is 26.3 Å². The van der Waals surface area contributed by atoms with Crippen molar-refractivity contribution in [2.24, 2.45) is 0 Å². The van der Waals surface area contributed by atoms with Gasteiger partial charge in [0.1, 0.15) is 0 Å². The van der Waals surface area contributed by atoms with E-state index in [1.54, 1.807) is 14.2 Å². The van der Waals surface area contributed by atoms with Crippen LogP contribution in [0.1, 0.15) is 16.7 Å². The molecule has 180 valence electrons. The van der Waals surface area contributed by atoms with E-state index in [1.807, 2.05) is 18.2 Å². The number of ether oxygens (including phenoxy) is 2. The van der Waals surface area contributed by atoms with Gasteiger partial charge in [0.25, 0.3) is 0 Å². The predicted molar refractivity (Wildman–Crippen MR) is 119 cm³/mol. The van der Waals surface area contributed by atoms with Crippen molar-refractivity contribution in [3.8, 4) is 11.5 Å². The van der Waals surface area contributed by atoms with Crippen LogP contribution in [-0.2, 0) is 23.9 Å². The standard InChI is InChI=1S/C24H30F3N3O3/c1-32-21-8-5-18(15-22(21)33-2)9-10-28-23(31)17-30-13-11-29(12-14-30)16-19-3-6-20(7-4-19)24(25,26)27/h3-8,15H,9-14,16-17H2,1-2H3,(H,28,31). The van der Waals surface area contributed by atoms with Crippen molar-refractivity contribution in [1.29, 1.82) is 0 Å². The molecule has 9 heteroatoms. The van der Waals surface area contributed by atoms with Gasteiger partial charge in [0.15, 0.2) is 11.5 Å². The smallest absolute Gasteiger partial charge is 0.416 e. The third-order valence-corrected chi connectivity index (χ3v) is 5.70. The minimum absolute atomic E-state index is 0.0216. The fourth-order valence-corrected chi connectivity index (χ4v) is 3.80. The Morgan fingerprint density at radius 2 is 1.52 bits per heavy atom. The Labute approximate surface area is 192 Å². The first-order chi connectivity index (χ1) is 15.8. The first-order valence-corrected chi connectivity index (χ1v) is 10.9. The van der Waals surface area contributed by atoms with Crippen LogP contribution in [0.25, 0.3) is 0 Å². The number of hydrogen-bond donors (Lipinski definition) is 1. The molecule has 1 amide bonds. The Morgan fingerprint density at radius 3 is 2.12 bits per heavy atom. The molecular weight excluding hydrogens is 435 g/mol. The lowest BCUT2D eigenvalue weighted by molar-refractivity contribution is -0.137. The number of amides is 1. The number of carbonyl (C=O) groups excluding carboxylic acids is 1. The highest BCUT2D eigenvalue weighted by molar-refractivity contribution is 5.78. The minimum atomic E-state index is -4.31. The first kappa shape index (κ1) is 24.9. The Morgan fingerprint density at radius 1 is 0.909 bits per heavy atom. The van der Waals surface area contributed by atoms with E-state index < -0.39 is 11.7 Å². The van der Waals surface area contributed by atoms with Gasteiger partial charge in [-0.05, 0) is 41.8 Å². The topological polar surface area (TPSA) is 54.0 Å².